The number of amides is 1. The second kappa shape index (κ2) is 9.57. The number of hydrogen-bond donors (Lipinski definition) is 1. The first kappa shape index (κ1) is 22.0. The maximum atomic E-state index is 12.9. The van der Waals surface area contributed by atoms with Crippen molar-refractivity contribution in [2.45, 2.75) is 18.9 Å². The molecule has 0 atom stereocenters. The van der Waals surface area contributed by atoms with E-state index < -0.39 is 0 Å². The zero-order valence-electron chi connectivity index (χ0n) is 19.4. The van der Waals surface area contributed by atoms with Gasteiger partial charge in [-0.1, -0.05) is 24.3 Å². The van der Waals surface area contributed by atoms with E-state index in [0.29, 0.717) is 40.2 Å². The normalized spacial score (nSPS) is 14.8. The van der Waals surface area contributed by atoms with Crippen LogP contribution in [0.4, 0.5) is 11.7 Å². The lowest BCUT2D eigenvalue weighted by atomic mass is 10.0. The van der Waals surface area contributed by atoms with E-state index in [2.05, 4.69) is 27.1 Å². The maximum absolute atomic E-state index is 12.9. The van der Waals surface area contributed by atoms with E-state index in [4.69, 9.17) is 9.15 Å². The Morgan fingerprint density at radius 3 is 2.59 bits per heavy atom. The fourth-order valence-electron chi connectivity index (χ4n) is 4.21. The first-order valence-electron chi connectivity index (χ1n) is 11.5. The van der Waals surface area contributed by atoms with Gasteiger partial charge in [0.2, 0.25) is 0 Å². The number of carbonyl (C=O) groups is 1. The Morgan fingerprint density at radius 2 is 1.79 bits per heavy atom. The van der Waals surface area contributed by atoms with Crippen LogP contribution in [0.1, 0.15) is 23.2 Å². The van der Waals surface area contributed by atoms with E-state index in [-0.39, 0.29) is 5.91 Å². The summed E-state index contributed by atoms with van der Waals surface area (Å²) in [5.41, 5.74) is 2.59. The molecule has 1 aliphatic heterocycles. The smallest absolute Gasteiger partial charge is 0.298 e. The summed E-state index contributed by atoms with van der Waals surface area (Å²) in [6, 6.07) is 23.1. The molecule has 1 aliphatic rings. The Bertz CT molecular complexity index is 1280. The van der Waals surface area contributed by atoms with Crippen molar-refractivity contribution in [3.05, 3.63) is 78.4 Å². The highest BCUT2D eigenvalue weighted by molar-refractivity contribution is 6.05. The molecule has 0 saturated carbocycles. The van der Waals surface area contributed by atoms with Gasteiger partial charge in [-0.25, -0.2) is 0 Å². The van der Waals surface area contributed by atoms with Gasteiger partial charge in [-0.3, -0.25) is 4.79 Å². The molecule has 4 aromatic rings. The predicted octanol–water partition coefficient (Wildman–Crippen LogP) is 5.40. The third-order valence-electron chi connectivity index (χ3n) is 6.25. The van der Waals surface area contributed by atoms with Crippen LogP contribution in [-0.4, -0.2) is 49.0 Å². The molecule has 0 aliphatic carbocycles. The number of anilines is 2. The van der Waals surface area contributed by atoms with Gasteiger partial charge in [0.1, 0.15) is 17.0 Å². The molecule has 0 bridgehead atoms. The minimum atomic E-state index is -0.218. The third kappa shape index (κ3) is 4.89. The highest BCUT2D eigenvalue weighted by Crippen LogP contribution is 2.28. The summed E-state index contributed by atoms with van der Waals surface area (Å²) in [4.78, 5) is 22.0. The molecular weight excluding hydrogens is 428 g/mol. The lowest BCUT2D eigenvalue weighted by molar-refractivity contribution is 0.102. The van der Waals surface area contributed by atoms with Crippen LogP contribution in [-0.2, 0) is 0 Å². The van der Waals surface area contributed by atoms with Crippen molar-refractivity contribution in [1.82, 2.24) is 9.88 Å². The number of nitrogens with zero attached hydrogens (tertiary/aromatic N) is 3. The molecule has 0 spiro atoms. The molecule has 1 amide bonds. The number of oxazole rings is 1. The zero-order valence-corrected chi connectivity index (χ0v) is 19.4. The molecule has 1 N–H and O–H groups in total. The number of likely N-dealkylation sites (tertiary alicyclic amines) is 1. The molecule has 34 heavy (non-hydrogen) atoms. The van der Waals surface area contributed by atoms with Gasteiger partial charge in [-0.15, -0.1) is 0 Å². The Morgan fingerprint density at radius 1 is 1.03 bits per heavy atom. The fourth-order valence-corrected chi connectivity index (χ4v) is 4.21. The molecule has 7 heteroatoms. The van der Waals surface area contributed by atoms with Crippen LogP contribution in [0.3, 0.4) is 0 Å². The lowest BCUT2D eigenvalue weighted by Gasteiger charge is -2.34. The lowest BCUT2D eigenvalue weighted by Crippen LogP contribution is -2.42. The standard InChI is InChI=1S/C27H28N4O3/c1-30-15-13-21(14-16-30)31(2)27-29-24-18-20(11-12-25(24)34-27)28-26(32)19-7-6-10-23(17-19)33-22-8-4-3-5-9-22/h3-12,17-18,21H,13-16H2,1-2H3,(H,28,32). The Labute approximate surface area is 198 Å². The van der Waals surface area contributed by atoms with Gasteiger partial charge < -0.3 is 24.3 Å². The maximum Gasteiger partial charge on any atom is 0.298 e. The number of nitrogens with one attached hydrogen (secondary N) is 1. The highest BCUT2D eigenvalue weighted by atomic mass is 16.5. The van der Waals surface area contributed by atoms with Gasteiger partial charge in [-0.2, -0.15) is 4.98 Å². The van der Waals surface area contributed by atoms with E-state index in [1.165, 1.54) is 0 Å². The molecule has 0 unspecified atom stereocenters. The summed E-state index contributed by atoms with van der Waals surface area (Å²) < 4.78 is 11.8. The Hall–Kier alpha value is -3.84. The largest absolute Gasteiger partial charge is 0.457 e. The van der Waals surface area contributed by atoms with Gasteiger partial charge >= 0.3 is 0 Å². The minimum absolute atomic E-state index is 0.218. The highest BCUT2D eigenvalue weighted by Gasteiger charge is 2.24. The Kier molecular flexibility index (Phi) is 6.18. The minimum Gasteiger partial charge on any atom is -0.457 e. The first-order chi connectivity index (χ1) is 16.5. The number of rotatable bonds is 6. The van der Waals surface area contributed by atoms with Gasteiger partial charge in [0.25, 0.3) is 11.9 Å². The van der Waals surface area contributed by atoms with Crippen LogP contribution in [0.25, 0.3) is 11.1 Å². The third-order valence-corrected chi connectivity index (χ3v) is 6.25. The quantitative estimate of drug-likeness (QED) is 0.419. The van der Waals surface area contributed by atoms with Crippen molar-refractivity contribution < 1.29 is 13.9 Å². The molecule has 1 fully saturated rings. The fraction of sp³-hybridized carbons (Fsp3) is 0.259. The summed E-state index contributed by atoms with van der Waals surface area (Å²) in [5.74, 6) is 1.11. The second-order valence-corrected chi connectivity index (χ2v) is 8.72. The average Bonchev–Trinajstić information content (AvgIpc) is 3.28. The number of benzene rings is 3. The topological polar surface area (TPSA) is 70.8 Å². The molecule has 7 nitrogen and oxygen atoms in total. The molecule has 5 rings (SSSR count). The van der Waals surface area contributed by atoms with Crippen LogP contribution in [0.5, 0.6) is 11.5 Å². The number of piperidine rings is 1. The van der Waals surface area contributed by atoms with Gasteiger partial charge in [-0.05, 0) is 81.5 Å². The number of aromatic nitrogens is 1. The van der Waals surface area contributed by atoms with Crippen LogP contribution < -0.4 is 15.0 Å². The van der Waals surface area contributed by atoms with Crippen LogP contribution in [0, 0.1) is 0 Å². The number of hydrogen-bond acceptors (Lipinski definition) is 6. The Balaban J connectivity index is 1.28. The zero-order chi connectivity index (χ0) is 23.5. The van der Waals surface area contributed by atoms with Crippen LogP contribution in [0.15, 0.2) is 77.2 Å². The van der Waals surface area contributed by atoms with Crippen molar-refractivity contribution in [1.29, 1.82) is 0 Å². The summed E-state index contributed by atoms with van der Waals surface area (Å²) >= 11 is 0. The molecule has 3 aromatic carbocycles. The van der Waals surface area contributed by atoms with Crippen LogP contribution in [0.2, 0.25) is 0 Å². The average molecular weight is 457 g/mol. The van der Waals surface area contributed by atoms with E-state index >= 15 is 0 Å². The number of ether oxygens (including phenoxy) is 1. The summed E-state index contributed by atoms with van der Waals surface area (Å²) in [6.07, 6.45) is 2.17. The van der Waals surface area contributed by atoms with E-state index in [1.807, 2.05) is 61.6 Å². The molecule has 2 heterocycles. The van der Waals surface area contributed by atoms with Crippen molar-refractivity contribution in [2.24, 2.45) is 0 Å². The molecule has 1 aromatic heterocycles. The van der Waals surface area contributed by atoms with Gasteiger partial charge in [0.05, 0.1) is 0 Å². The van der Waals surface area contributed by atoms with Gasteiger partial charge in [0, 0.05) is 24.3 Å². The number of carbonyl (C=O) groups excluding carboxylic acids is 1. The van der Waals surface area contributed by atoms with Gasteiger partial charge in [0.15, 0.2) is 5.58 Å². The van der Waals surface area contributed by atoms with E-state index in [1.54, 1.807) is 18.2 Å². The molecular formula is C27H28N4O3. The SMILES string of the molecule is CN1CCC(N(C)c2nc3cc(NC(=O)c4cccc(Oc5ccccc5)c4)ccc3o2)CC1. The predicted molar refractivity (Wildman–Crippen MR) is 134 cm³/mol. The molecule has 174 valence electrons. The number of fused-ring (bicyclic) bond motifs is 1. The molecule has 0 radical (unpaired) electrons. The van der Waals surface area contributed by atoms with Crippen molar-refractivity contribution in [3.8, 4) is 11.5 Å². The summed E-state index contributed by atoms with van der Waals surface area (Å²) in [6.45, 7) is 2.14. The second-order valence-electron chi connectivity index (χ2n) is 8.72. The van der Waals surface area contributed by atoms with E-state index in [9.17, 15) is 4.79 Å². The van der Waals surface area contributed by atoms with Crippen LogP contribution >= 0.6 is 0 Å². The molecule has 1 saturated heterocycles. The summed E-state index contributed by atoms with van der Waals surface area (Å²) in [7, 11) is 4.19. The monoisotopic (exact) mass is 456 g/mol. The number of para-hydroxylation sites is 1. The van der Waals surface area contributed by atoms with Crippen molar-refractivity contribution in [3.63, 3.8) is 0 Å². The van der Waals surface area contributed by atoms with E-state index in [0.717, 1.165) is 31.7 Å². The van der Waals surface area contributed by atoms with Crippen molar-refractivity contribution in [2.75, 3.05) is 37.4 Å². The first-order valence-corrected chi connectivity index (χ1v) is 11.5. The summed E-state index contributed by atoms with van der Waals surface area (Å²) in [5, 5.41) is 2.95. The van der Waals surface area contributed by atoms with Crippen molar-refractivity contribution >= 4 is 28.7 Å².